The summed E-state index contributed by atoms with van der Waals surface area (Å²) >= 11 is 7.13. The van der Waals surface area contributed by atoms with Crippen molar-refractivity contribution in [3.05, 3.63) is 76.6 Å². The summed E-state index contributed by atoms with van der Waals surface area (Å²) in [5.41, 5.74) is 5.90. The van der Waals surface area contributed by atoms with Gasteiger partial charge in [-0.1, -0.05) is 35.5 Å². The highest BCUT2D eigenvalue weighted by molar-refractivity contribution is 7.98. The number of rotatable bonds is 23. The van der Waals surface area contributed by atoms with Crippen molar-refractivity contribution in [1.29, 1.82) is 10.5 Å². The van der Waals surface area contributed by atoms with Crippen molar-refractivity contribution in [3.63, 3.8) is 0 Å². The molecule has 5 atom stereocenters. The fourth-order valence-corrected chi connectivity index (χ4v) is 7.43. The summed E-state index contributed by atoms with van der Waals surface area (Å²) in [6, 6.07) is 10.5. The smallest absolute Gasteiger partial charge is 0.408 e. The molecule has 0 bridgehead atoms. The minimum absolute atomic E-state index is 0.0304. The van der Waals surface area contributed by atoms with E-state index in [0.717, 1.165) is 11.8 Å². The second-order valence-corrected chi connectivity index (χ2v) is 20.1. The number of carboxylic acid groups (broad SMARTS) is 2. The Bertz CT molecular complexity index is 2910. The summed E-state index contributed by atoms with van der Waals surface area (Å²) in [5, 5.41) is 48.9. The summed E-state index contributed by atoms with van der Waals surface area (Å²) in [6.07, 6.45) is -4.04. The van der Waals surface area contributed by atoms with E-state index in [9.17, 15) is 59.1 Å². The van der Waals surface area contributed by atoms with Gasteiger partial charge in [-0.2, -0.15) is 10.5 Å². The molecule has 0 saturated heterocycles. The number of ether oxygens (including phenoxy) is 5. The van der Waals surface area contributed by atoms with Gasteiger partial charge in [0.05, 0.1) is 24.1 Å². The van der Waals surface area contributed by atoms with Gasteiger partial charge in [0, 0.05) is 21.9 Å². The van der Waals surface area contributed by atoms with E-state index in [0.29, 0.717) is 27.7 Å². The summed E-state index contributed by atoms with van der Waals surface area (Å²) in [6.45, 7) is 10.3. The number of carbonyl (C=O) groups is 8. The van der Waals surface area contributed by atoms with Crippen molar-refractivity contribution < 1.29 is 76.7 Å². The zero-order chi connectivity index (χ0) is 57.4. The normalized spacial score (nSPS) is 13.1. The Morgan fingerprint density at radius 1 is 0.727 bits per heavy atom. The minimum atomic E-state index is -1.71. The number of nitrogens with two attached hydrogens (primary N) is 1. The van der Waals surface area contributed by atoms with E-state index in [4.69, 9.17) is 45.4 Å². The van der Waals surface area contributed by atoms with Crippen LogP contribution in [0, 0.1) is 22.7 Å². The molecule has 2 aromatic carbocycles. The SMILES string of the molecule is C[C@H](NC(=O)[C@H](CC(=O)O)NC(=O)OC(C)(C)C)C(=O)OC[C@H](COc1ccc(-c2c(C#N)c(N)nc(SCc3coc(-c4ccc(Cl)cc4)n3)c2C#N)cc1)OC(=O)[C@H](C)NC(=O)[C@H](CC(=O)O)NC(=O)OC(C)(C)C. The average Bonchev–Trinajstić information content (AvgIpc) is 3.81. The first-order valence-corrected chi connectivity index (χ1v) is 24.5. The van der Waals surface area contributed by atoms with Gasteiger partial charge in [0.15, 0.2) is 6.10 Å². The number of aromatic nitrogens is 2. The summed E-state index contributed by atoms with van der Waals surface area (Å²) < 4.78 is 32.7. The Morgan fingerprint density at radius 2 is 1.23 bits per heavy atom. The number of hydrogen-bond acceptors (Lipinski definition) is 20. The third-order valence-corrected chi connectivity index (χ3v) is 11.1. The number of pyridine rings is 1. The van der Waals surface area contributed by atoms with Crippen LogP contribution >= 0.6 is 23.4 Å². The number of oxazole rings is 1. The fourth-order valence-electron chi connectivity index (χ4n) is 6.43. The van der Waals surface area contributed by atoms with Gasteiger partial charge in [-0.05, 0) is 97.4 Å². The van der Waals surface area contributed by atoms with Crippen LogP contribution in [-0.4, -0.2) is 123 Å². The molecule has 27 heteroatoms. The molecule has 0 aliphatic rings. The number of thioether (sulfide) groups is 1. The number of nitrogens with zero attached hydrogens (tertiary/aromatic N) is 4. The molecule has 0 aliphatic carbocycles. The van der Waals surface area contributed by atoms with E-state index in [-0.39, 0.29) is 39.0 Å². The number of nitrogen functional groups attached to an aromatic ring is 1. The number of benzene rings is 2. The highest BCUT2D eigenvalue weighted by atomic mass is 35.5. The Morgan fingerprint density at radius 3 is 1.73 bits per heavy atom. The second kappa shape index (κ2) is 27.3. The molecule has 4 rings (SSSR count). The van der Waals surface area contributed by atoms with Crippen molar-refractivity contribution >= 4 is 77.1 Å². The molecule has 2 aromatic heterocycles. The van der Waals surface area contributed by atoms with E-state index < -0.39 is 115 Å². The topological polar surface area (TPSA) is 384 Å². The third kappa shape index (κ3) is 19.5. The lowest BCUT2D eigenvalue weighted by Gasteiger charge is -2.25. The van der Waals surface area contributed by atoms with Crippen LogP contribution in [0.5, 0.6) is 5.75 Å². The van der Waals surface area contributed by atoms with Gasteiger partial charge in [-0.15, -0.1) is 0 Å². The van der Waals surface area contributed by atoms with Crippen LogP contribution in [0.4, 0.5) is 15.4 Å². The van der Waals surface area contributed by atoms with Gasteiger partial charge in [0.1, 0.15) is 89.1 Å². The highest BCUT2D eigenvalue weighted by Gasteiger charge is 2.33. The first-order valence-electron chi connectivity index (χ1n) is 23.2. The molecule has 4 amide bonds. The zero-order valence-corrected chi connectivity index (χ0v) is 44.5. The molecule has 0 radical (unpaired) electrons. The predicted molar refractivity (Wildman–Crippen MR) is 272 cm³/mol. The molecular weight excluding hydrogens is 1050 g/mol. The molecule has 0 saturated carbocycles. The number of halogens is 1. The lowest BCUT2D eigenvalue weighted by molar-refractivity contribution is -0.163. The van der Waals surface area contributed by atoms with Gasteiger partial charge >= 0.3 is 36.1 Å². The maximum absolute atomic E-state index is 13.5. The number of hydrogen-bond donors (Lipinski definition) is 7. The van der Waals surface area contributed by atoms with Crippen LogP contribution in [-0.2, 0) is 53.5 Å². The van der Waals surface area contributed by atoms with Gasteiger partial charge in [-0.3, -0.25) is 19.2 Å². The van der Waals surface area contributed by atoms with Crippen LogP contribution in [0.25, 0.3) is 22.6 Å². The van der Waals surface area contributed by atoms with Gasteiger partial charge in [-0.25, -0.2) is 29.1 Å². The number of carboxylic acids is 2. The number of carbonyl (C=O) groups excluding carboxylic acids is 6. The number of aliphatic carboxylic acids is 2. The molecule has 0 aliphatic heterocycles. The van der Waals surface area contributed by atoms with E-state index in [1.807, 2.05) is 6.07 Å². The Labute approximate surface area is 450 Å². The molecule has 2 heterocycles. The van der Waals surface area contributed by atoms with Crippen LogP contribution < -0.4 is 31.7 Å². The van der Waals surface area contributed by atoms with Crippen LogP contribution in [0.15, 0.2) is 64.2 Å². The first kappa shape index (κ1) is 60.9. The summed E-state index contributed by atoms with van der Waals surface area (Å²) in [5.74, 6) is -6.90. The number of amides is 4. The van der Waals surface area contributed by atoms with Crippen molar-refractivity contribution in [2.75, 3.05) is 18.9 Å². The monoisotopic (exact) mass is 1110 g/mol. The van der Waals surface area contributed by atoms with Crippen molar-refractivity contribution in [2.24, 2.45) is 0 Å². The largest absolute Gasteiger partial charge is 0.490 e. The van der Waals surface area contributed by atoms with Crippen LogP contribution in [0.1, 0.15) is 85.1 Å². The lowest BCUT2D eigenvalue weighted by atomic mass is 9.97. The predicted octanol–water partition coefficient (Wildman–Crippen LogP) is 5.25. The first-order chi connectivity index (χ1) is 36.1. The van der Waals surface area contributed by atoms with E-state index >= 15 is 0 Å². The Hall–Kier alpha value is -8.62. The number of nitrogens with one attached hydrogen (secondary N) is 4. The average molecular weight is 1110 g/mol. The maximum atomic E-state index is 13.5. The second-order valence-electron chi connectivity index (χ2n) is 18.7. The summed E-state index contributed by atoms with van der Waals surface area (Å²) in [4.78, 5) is 110. The van der Waals surface area contributed by atoms with Gasteiger partial charge < -0.3 is 65.3 Å². The number of anilines is 1. The van der Waals surface area contributed by atoms with Crippen molar-refractivity contribution in [3.8, 4) is 40.5 Å². The zero-order valence-electron chi connectivity index (χ0n) is 42.9. The molecule has 4 aromatic rings. The quantitative estimate of drug-likeness (QED) is 0.0283. The molecule has 410 valence electrons. The number of esters is 2. The van der Waals surface area contributed by atoms with Crippen molar-refractivity contribution in [2.45, 2.75) is 120 Å². The number of alkyl carbamates (subject to hydrolysis) is 2. The van der Waals surface area contributed by atoms with Gasteiger partial charge in [0.25, 0.3) is 0 Å². The van der Waals surface area contributed by atoms with Gasteiger partial charge in [0.2, 0.25) is 17.7 Å². The summed E-state index contributed by atoms with van der Waals surface area (Å²) in [7, 11) is 0. The van der Waals surface area contributed by atoms with Crippen LogP contribution in [0.2, 0.25) is 5.02 Å². The van der Waals surface area contributed by atoms with Crippen LogP contribution in [0.3, 0.4) is 0 Å². The van der Waals surface area contributed by atoms with E-state index in [1.54, 1.807) is 45.0 Å². The third-order valence-electron chi connectivity index (χ3n) is 9.89. The molecule has 0 unspecified atom stereocenters. The Balaban J connectivity index is 1.55. The molecule has 25 nitrogen and oxygen atoms in total. The molecular formula is C50H56ClN9O16S. The maximum Gasteiger partial charge on any atom is 0.408 e. The fraction of sp³-hybridized carbons (Fsp3) is 0.400. The Kier molecular flexibility index (Phi) is 21.6. The molecule has 0 fully saturated rings. The van der Waals surface area contributed by atoms with E-state index in [2.05, 4.69) is 37.3 Å². The highest BCUT2D eigenvalue weighted by Crippen LogP contribution is 2.37. The standard InChI is InChI=1S/C50H56ClN9O16S/c1-25(55-41(65)35(17-37(61)62)58-47(69)75-49(3,4)5)45(67)73-23-32(74-46(68)26(2)56-42(66)36(18-38(63)64)59-48(70)76-50(6,7)8)22-71-31-15-11-27(12-16-31)39-33(19-52)40(54)60-44(34(39)20-53)77-24-30-21-72-43(57-30)28-9-13-29(51)14-10-28/h9-16,21,25-26,32,35-36H,17-18,22-24H2,1-8H3,(H2,54,60)(H,55,65)(H,56,66)(H,58,69)(H,59,70)(H,61,62)(H,63,64)/t25-,26-,32-,35-,36-/m0/s1. The molecule has 0 spiro atoms. The molecule has 8 N–H and O–H groups in total. The molecule has 77 heavy (non-hydrogen) atoms. The lowest BCUT2D eigenvalue weighted by Crippen LogP contribution is -2.53. The minimum Gasteiger partial charge on any atom is -0.490 e. The number of nitriles is 2. The van der Waals surface area contributed by atoms with E-state index in [1.165, 1.54) is 65.1 Å². The van der Waals surface area contributed by atoms with Crippen molar-refractivity contribution in [1.82, 2.24) is 31.2 Å².